The molecule has 0 aromatic heterocycles. The number of carbonyl (C=O) groups is 1. The van der Waals surface area contributed by atoms with E-state index in [1.54, 1.807) is 0 Å². The number of fused-ring (bicyclic) bond motifs is 1. The van der Waals surface area contributed by atoms with Gasteiger partial charge in [-0.2, -0.15) is 0 Å². The van der Waals surface area contributed by atoms with Gasteiger partial charge in [-0.25, -0.2) is 0 Å². The van der Waals surface area contributed by atoms with E-state index in [0.717, 1.165) is 46.6 Å². The van der Waals surface area contributed by atoms with Crippen LogP contribution < -0.4 is 9.47 Å². The highest BCUT2D eigenvalue weighted by atomic mass is 16.5. The molecule has 2 aromatic rings. The van der Waals surface area contributed by atoms with Gasteiger partial charge in [0, 0.05) is 11.1 Å². The summed E-state index contributed by atoms with van der Waals surface area (Å²) in [7, 11) is 0. The normalized spacial score (nSPS) is 15.2. The lowest BCUT2D eigenvalue weighted by molar-refractivity contribution is 0.102. The lowest BCUT2D eigenvalue weighted by atomic mass is 9.86. The maximum Gasteiger partial charge on any atom is 0.189 e. The van der Waals surface area contributed by atoms with Crippen molar-refractivity contribution in [3.05, 3.63) is 64.7 Å². The molecule has 0 saturated heterocycles. The predicted molar refractivity (Wildman–Crippen MR) is 95.9 cm³/mol. The smallest absolute Gasteiger partial charge is 0.189 e. The molecule has 0 unspecified atom stereocenters. The van der Waals surface area contributed by atoms with E-state index in [0.29, 0.717) is 13.2 Å². The molecule has 0 saturated carbocycles. The van der Waals surface area contributed by atoms with Crippen molar-refractivity contribution < 1.29 is 14.3 Å². The van der Waals surface area contributed by atoms with E-state index in [1.807, 2.05) is 62.4 Å². The Bertz CT molecular complexity index is 774. The third-order valence-electron chi connectivity index (χ3n) is 4.13. The lowest BCUT2D eigenvalue weighted by Gasteiger charge is -2.17. The van der Waals surface area contributed by atoms with Crippen molar-refractivity contribution in [1.29, 1.82) is 0 Å². The van der Waals surface area contributed by atoms with Crippen LogP contribution in [0.4, 0.5) is 0 Å². The van der Waals surface area contributed by atoms with Gasteiger partial charge in [-0.15, -0.1) is 0 Å². The first-order valence-electron chi connectivity index (χ1n) is 8.45. The Morgan fingerprint density at radius 1 is 0.958 bits per heavy atom. The molecule has 0 radical (unpaired) electrons. The van der Waals surface area contributed by atoms with E-state index in [-0.39, 0.29) is 5.78 Å². The van der Waals surface area contributed by atoms with Crippen molar-refractivity contribution in [3.8, 4) is 11.5 Å². The largest absolute Gasteiger partial charge is 0.490 e. The average Bonchev–Trinajstić information content (AvgIpc) is 2.60. The highest BCUT2D eigenvalue weighted by molar-refractivity contribution is 6.13. The highest BCUT2D eigenvalue weighted by Crippen LogP contribution is 2.31. The third kappa shape index (κ3) is 3.35. The number of ketones is 1. The molecule has 1 aliphatic carbocycles. The summed E-state index contributed by atoms with van der Waals surface area (Å²) in [5, 5.41) is 0. The predicted octanol–water partition coefficient (Wildman–Crippen LogP) is 4.70. The first-order valence-corrected chi connectivity index (χ1v) is 8.45. The molecule has 1 aliphatic rings. The monoisotopic (exact) mass is 322 g/mol. The molecular formula is C21H22O3. The Labute approximate surface area is 142 Å². The standard InChI is InChI=1S/C21H22O3/c1-3-23-19-12-9-15(14-20(19)24-4-2)13-17-11-10-16-7-5-6-8-18(16)21(17)22/h5-9,12-14H,3-4,10-11H2,1-2H3. The van der Waals surface area contributed by atoms with Crippen LogP contribution in [0, 0.1) is 0 Å². The average molecular weight is 322 g/mol. The van der Waals surface area contributed by atoms with E-state index >= 15 is 0 Å². The van der Waals surface area contributed by atoms with Gasteiger partial charge in [-0.1, -0.05) is 30.3 Å². The Kier molecular flexibility index (Phi) is 4.99. The number of allylic oxidation sites excluding steroid dienone is 1. The van der Waals surface area contributed by atoms with E-state index in [4.69, 9.17) is 9.47 Å². The van der Waals surface area contributed by atoms with E-state index < -0.39 is 0 Å². The number of aryl methyl sites for hydroxylation is 1. The molecular weight excluding hydrogens is 300 g/mol. The van der Waals surface area contributed by atoms with Gasteiger partial charge in [0.15, 0.2) is 17.3 Å². The van der Waals surface area contributed by atoms with Crippen LogP contribution in [-0.4, -0.2) is 19.0 Å². The molecule has 124 valence electrons. The van der Waals surface area contributed by atoms with Crippen LogP contribution in [-0.2, 0) is 6.42 Å². The van der Waals surface area contributed by atoms with E-state index in [9.17, 15) is 4.79 Å². The fourth-order valence-corrected chi connectivity index (χ4v) is 3.01. The number of benzene rings is 2. The Hall–Kier alpha value is -2.55. The van der Waals surface area contributed by atoms with Crippen LogP contribution >= 0.6 is 0 Å². The Morgan fingerprint density at radius 3 is 2.50 bits per heavy atom. The zero-order chi connectivity index (χ0) is 16.9. The molecule has 24 heavy (non-hydrogen) atoms. The fourth-order valence-electron chi connectivity index (χ4n) is 3.01. The van der Waals surface area contributed by atoms with Crippen molar-refractivity contribution >= 4 is 11.9 Å². The zero-order valence-corrected chi connectivity index (χ0v) is 14.2. The summed E-state index contributed by atoms with van der Waals surface area (Å²) in [4.78, 5) is 12.7. The van der Waals surface area contributed by atoms with Crippen molar-refractivity contribution in [2.75, 3.05) is 13.2 Å². The van der Waals surface area contributed by atoms with Gasteiger partial charge in [-0.05, 0) is 56.0 Å². The van der Waals surface area contributed by atoms with Gasteiger partial charge < -0.3 is 9.47 Å². The highest BCUT2D eigenvalue weighted by Gasteiger charge is 2.21. The number of carbonyl (C=O) groups excluding carboxylic acids is 1. The molecule has 3 heteroatoms. The Balaban J connectivity index is 1.91. The summed E-state index contributed by atoms with van der Waals surface area (Å²) in [5.41, 5.74) is 3.78. The second-order valence-corrected chi connectivity index (χ2v) is 5.73. The summed E-state index contributed by atoms with van der Waals surface area (Å²) < 4.78 is 11.3. The number of Topliss-reactive ketones (excluding diaryl/α,β-unsaturated/α-hetero) is 1. The van der Waals surface area contributed by atoms with Crippen molar-refractivity contribution in [2.24, 2.45) is 0 Å². The molecule has 0 heterocycles. The second kappa shape index (κ2) is 7.35. The van der Waals surface area contributed by atoms with Gasteiger partial charge >= 0.3 is 0 Å². The summed E-state index contributed by atoms with van der Waals surface area (Å²) in [6.45, 7) is 5.06. The lowest BCUT2D eigenvalue weighted by Crippen LogP contribution is -2.13. The molecule has 0 spiro atoms. The van der Waals surface area contributed by atoms with Gasteiger partial charge in [0.25, 0.3) is 0 Å². The van der Waals surface area contributed by atoms with Gasteiger partial charge in [0.1, 0.15) is 0 Å². The summed E-state index contributed by atoms with van der Waals surface area (Å²) in [6.07, 6.45) is 3.65. The van der Waals surface area contributed by atoms with Crippen molar-refractivity contribution in [1.82, 2.24) is 0 Å². The quantitative estimate of drug-likeness (QED) is 0.749. The van der Waals surface area contributed by atoms with Crippen LogP contribution in [0.5, 0.6) is 11.5 Å². The van der Waals surface area contributed by atoms with Gasteiger partial charge in [0.05, 0.1) is 13.2 Å². The molecule has 3 rings (SSSR count). The minimum Gasteiger partial charge on any atom is -0.490 e. The first kappa shape index (κ1) is 16.3. The van der Waals surface area contributed by atoms with Crippen LogP contribution in [0.25, 0.3) is 6.08 Å². The maximum absolute atomic E-state index is 12.7. The molecule has 0 fully saturated rings. The van der Waals surface area contributed by atoms with Crippen LogP contribution in [0.15, 0.2) is 48.0 Å². The molecule has 0 N–H and O–H groups in total. The molecule has 2 aromatic carbocycles. The summed E-state index contributed by atoms with van der Waals surface area (Å²) in [5.74, 6) is 1.59. The number of ether oxygens (including phenoxy) is 2. The van der Waals surface area contributed by atoms with E-state index in [1.165, 1.54) is 0 Å². The number of hydrogen-bond acceptors (Lipinski definition) is 3. The minimum atomic E-state index is 0.128. The van der Waals surface area contributed by atoms with Crippen LogP contribution in [0.1, 0.15) is 41.8 Å². The summed E-state index contributed by atoms with van der Waals surface area (Å²) >= 11 is 0. The first-order chi connectivity index (χ1) is 11.7. The number of hydrogen-bond donors (Lipinski definition) is 0. The molecule has 0 bridgehead atoms. The maximum atomic E-state index is 12.7. The molecule has 0 atom stereocenters. The zero-order valence-electron chi connectivity index (χ0n) is 14.2. The van der Waals surface area contributed by atoms with Gasteiger partial charge in [0.2, 0.25) is 0 Å². The van der Waals surface area contributed by atoms with Crippen molar-refractivity contribution in [3.63, 3.8) is 0 Å². The number of rotatable bonds is 5. The van der Waals surface area contributed by atoms with Crippen LogP contribution in [0.3, 0.4) is 0 Å². The third-order valence-corrected chi connectivity index (χ3v) is 4.13. The second-order valence-electron chi connectivity index (χ2n) is 5.73. The molecule has 0 aliphatic heterocycles. The van der Waals surface area contributed by atoms with Gasteiger partial charge in [-0.3, -0.25) is 4.79 Å². The summed E-state index contributed by atoms with van der Waals surface area (Å²) in [6, 6.07) is 13.7. The Morgan fingerprint density at radius 2 is 1.71 bits per heavy atom. The topological polar surface area (TPSA) is 35.5 Å². The van der Waals surface area contributed by atoms with E-state index in [2.05, 4.69) is 0 Å². The fraction of sp³-hybridized carbons (Fsp3) is 0.286. The van der Waals surface area contributed by atoms with Crippen LogP contribution in [0.2, 0.25) is 0 Å². The SMILES string of the molecule is CCOc1ccc(C=C2CCc3ccccc3C2=O)cc1OCC. The molecule has 0 amide bonds. The minimum absolute atomic E-state index is 0.128. The van der Waals surface area contributed by atoms with Crippen molar-refractivity contribution in [2.45, 2.75) is 26.7 Å². The molecule has 3 nitrogen and oxygen atoms in total.